The monoisotopic (exact) mass is 476 g/mol. The minimum absolute atomic E-state index is 0.219. The number of anilines is 1. The molecule has 1 unspecified atom stereocenters. The van der Waals surface area contributed by atoms with E-state index in [1.54, 1.807) is 24.3 Å². The zero-order valence-electron chi connectivity index (χ0n) is 17.1. The first-order valence-electron chi connectivity index (χ1n) is 9.49. The third-order valence-electron chi connectivity index (χ3n) is 4.21. The van der Waals surface area contributed by atoms with Gasteiger partial charge < -0.3 is 10.1 Å². The lowest BCUT2D eigenvalue weighted by atomic mass is 10.2. The maximum Gasteiger partial charge on any atom is 0.244 e. The van der Waals surface area contributed by atoms with E-state index in [0.717, 1.165) is 12.1 Å². The number of hydrogen-bond donors (Lipinski definition) is 2. The lowest BCUT2D eigenvalue weighted by molar-refractivity contribution is -0.117. The summed E-state index contributed by atoms with van der Waals surface area (Å²) in [4.78, 5) is 20.3. The highest BCUT2D eigenvalue weighted by Gasteiger charge is 2.27. The molecule has 2 aromatic carbocycles. The number of aromatic nitrogens is 2. The van der Waals surface area contributed by atoms with Crippen molar-refractivity contribution in [3.8, 4) is 11.6 Å². The van der Waals surface area contributed by atoms with E-state index in [9.17, 15) is 17.6 Å². The fourth-order valence-electron chi connectivity index (χ4n) is 2.72. The molecule has 1 amide bonds. The Balaban J connectivity index is 1.75. The van der Waals surface area contributed by atoms with Gasteiger partial charge in [-0.05, 0) is 42.7 Å². The van der Waals surface area contributed by atoms with Crippen LogP contribution < -0.4 is 14.8 Å². The van der Waals surface area contributed by atoms with E-state index >= 15 is 0 Å². The van der Waals surface area contributed by atoms with Gasteiger partial charge in [0.05, 0.1) is 6.20 Å². The molecule has 168 valence electrons. The van der Waals surface area contributed by atoms with Crippen LogP contribution in [0.1, 0.15) is 6.42 Å². The number of ether oxygens (including phenoxy) is 1. The van der Waals surface area contributed by atoms with Crippen molar-refractivity contribution in [1.82, 2.24) is 14.7 Å². The van der Waals surface area contributed by atoms with E-state index in [2.05, 4.69) is 20.0 Å². The van der Waals surface area contributed by atoms with Crippen LogP contribution in [0.4, 0.5) is 10.1 Å². The molecular formula is C21H21FN4O4S2. The van der Waals surface area contributed by atoms with Crippen molar-refractivity contribution in [2.75, 3.05) is 17.3 Å². The third kappa shape index (κ3) is 6.49. The average molecular weight is 477 g/mol. The number of sulfonamides is 1. The number of carbonyl (C=O) groups is 1. The van der Waals surface area contributed by atoms with Crippen LogP contribution in [0.3, 0.4) is 0 Å². The summed E-state index contributed by atoms with van der Waals surface area (Å²) >= 11 is 1.46. The van der Waals surface area contributed by atoms with Gasteiger partial charge in [0.1, 0.15) is 22.5 Å². The Kier molecular flexibility index (Phi) is 8.14. The maximum absolute atomic E-state index is 14.0. The first-order chi connectivity index (χ1) is 15.4. The van der Waals surface area contributed by atoms with Crippen LogP contribution in [0.25, 0.3) is 0 Å². The van der Waals surface area contributed by atoms with Crippen molar-refractivity contribution < 1.29 is 22.3 Å². The molecule has 0 aliphatic rings. The van der Waals surface area contributed by atoms with Gasteiger partial charge in [-0.2, -0.15) is 16.5 Å². The Morgan fingerprint density at radius 3 is 2.72 bits per heavy atom. The summed E-state index contributed by atoms with van der Waals surface area (Å²) in [5.74, 6) is -0.246. The highest BCUT2D eigenvalue weighted by Crippen LogP contribution is 2.22. The SMILES string of the molecule is CSCCC(NS(=O)(=O)c1ccccc1F)C(=O)Nc1cccc(Oc2cnccn2)c1. The number of hydrogen-bond acceptors (Lipinski definition) is 7. The number of halogens is 1. The molecule has 1 heterocycles. The summed E-state index contributed by atoms with van der Waals surface area (Å²) in [6.07, 6.45) is 6.50. The van der Waals surface area contributed by atoms with Crippen molar-refractivity contribution >= 4 is 33.4 Å². The maximum atomic E-state index is 14.0. The van der Waals surface area contributed by atoms with Crippen molar-refractivity contribution in [1.29, 1.82) is 0 Å². The molecule has 3 aromatic rings. The van der Waals surface area contributed by atoms with Crippen molar-refractivity contribution in [2.24, 2.45) is 0 Å². The van der Waals surface area contributed by atoms with Gasteiger partial charge in [0.15, 0.2) is 0 Å². The molecule has 8 nitrogen and oxygen atoms in total. The summed E-state index contributed by atoms with van der Waals surface area (Å²) in [6.45, 7) is 0. The summed E-state index contributed by atoms with van der Waals surface area (Å²) in [7, 11) is -4.24. The topological polar surface area (TPSA) is 110 Å². The number of nitrogens with one attached hydrogen (secondary N) is 2. The second kappa shape index (κ2) is 11.0. The van der Waals surface area contributed by atoms with Gasteiger partial charge in [-0.3, -0.25) is 9.78 Å². The molecule has 1 atom stereocenters. The Morgan fingerprint density at radius 2 is 2.00 bits per heavy atom. The van der Waals surface area contributed by atoms with Crippen LogP contribution in [-0.4, -0.2) is 42.3 Å². The van der Waals surface area contributed by atoms with E-state index < -0.39 is 32.7 Å². The lowest BCUT2D eigenvalue weighted by Gasteiger charge is -2.19. The smallest absolute Gasteiger partial charge is 0.244 e. The predicted molar refractivity (Wildman–Crippen MR) is 121 cm³/mol. The van der Waals surface area contributed by atoms with E-state index in [1.807, 2.05) is 6.26 Å². The standard InChI is InChI=1S/C21H21FN4O4S2/c1-31-12-9-18(26-32(28,29)19-8-3-2-7-17(19)22)21(27)25-15-5-4-6-16(13-15)30-20-14-23-10-11-24-20/h2-8,10-11,13-14,18,26H,9,12H2,1H3,(H,25,27). The second-order valence-electron chi connectivity index (χ2n) is 6.55. The van der Waals surface area contributed by atoms with Gasteiger partial charge in [-0.1, -0.05) is 18.2 Å². The van der Waals surface area contributed by atoms with Gasteiger partial charge in [0.2, 0.25) is 21.8 Å². The van der Waals surface area contributed by atoms with Crippen LogP contribution in [0.2, 0.25) is 0 Å². The highest BCUT2D eigenvalue weighted by atomic mass is 32.2. The second-order valence-corrected chi connectivity index (χ2v) is 9.22. The van der Waals surface area contributed by atoms with Gasteiger partial charge in [0, 0.05) is 24.1 Å². The van der Waals surface area contributed by atoms with Gasteiger partial charge in [0.25, 0.3) is 0 Å². The summed E-state index contributed by atoms with van der Waals surface area (Å²) in [5, 5.41) is 2.68. The fourth-order valence-corrected chi connectivity index (χ4v) is 4.50. The van der Waals surface area contributed by atoms with Crippen LogP contribution in [0.5, 0.6) is 11.6 Å². The van der Waals surface area contributed by atoms with Gasteiger partial charge >= 0.3 is 0 Å². The summed E-state index contributed by atoms with van der Waals surface area (Å²) < 4.78 is 47.3. The molecule has 0 radical (unpaired) electrons. The highest BCUT2D eigenvalue weighted by molar-refractivity contribution is 7.98. The molecule has 0 saturated carbocycles. The molecule has 0 aliphatic carbocycles. The van der Waals surface area contributed by atoms with Crippen molar-refractivity contribution in [3.05, 3.63) is 72.9 Å². The zero-order valence-corrected chi connectivity index (χ0v) is 18.7. The minimum Gasteiger partial charge on any atom is -0.437 e. The number of benzene rings is 2. The van der Waals surface area contributed by atoms with Crippen LogP contribution in [0.15, 0.2) is 72.0 Å². The Morgan fingerprint density at radius 1 is 1.19 bits per heavy atom. The molecule has 11 heteroatoms. The summed E-state index contributed by atoms with van der Waals surface area (Å²) in [5.41, 5.74) is 0.399. The van der Waals surface area contributed by atoms with E-state index in [4.69, 9.17) is 4.74 Å². The van der Waals surface area contributed by atoms with Crippen molar-refractivity contribution in [3.63, 3.8) is 0 Å². The molecule has 2 N–H and O–H groups in total. The molecule has 0 bridgehead atoms. The molecule has 0 saturated heterocycles. The first kappa shape index (κ1) is 23.6. The molecule has 1 aromatic heterocycles. The number of nitrogens with zero attached hydrogens (tertiary/aromatic N) is 2. The molecule has 0 fully saturated rings. The molecule has 0 spiro atoms. The fraction of sp³-hybridized carbons (Fsp3) is 0.190. The van der Waals surface area contributed by atoms with Crippen LogP contribution in [-0.2, 0) is 14.8 Å². The molecule has 3 rings (SSSR count). The normalized spacial score (nSPS) is 12.2. The average Bonchev–Trinajstić information content (AvgIpc) is 2.77. The first-order valence-corrected chi connectivity index (χ1v) is 12.4. The van der Waals surface area contributed by atoms with Crippen LogP contribution in [0, 0.1) is 5.82 Å². The Labute approximate surface area is 189 Å². The van der Waals surface area contributed by atoms with Gasteiger partial charge in [-0.25, -0.2) is 17.8 Å². The van der Waals surface area contributed by atoms with Crippen molar-refractivity contribution in [2.45, 2.75) is 17.4 Å². The third-order valence-corrected chi connectivity index (χ3v) is 6.36. The van der Waals surface area contributed by atoms with Gasteiger partial charge in [-0.15, -0.1) is 0 Å². The quantitative estimate of drug-likeness (QED) is 0.461. The Bertz CT molecular complexity index is 1160. The lowest BCUT2D eigenvalue weighted by Crippen LogP contribution is -2.44. The number of carbonyl (C=O) groups excluding carboxylic acids is 1. The molecule has 0 aliphatic heterocycles. The number of rotatable bonds is 10. The number of amides is 1. The van der Waals surface area contributed by atoms with E-state index in [1.165, 1.54) is 42.5 Å². The Hall–Kier alpha value is -3.02. The minimum atomic E-state index is -4.24. The largest absolute Gasteiger partial charge is 0.437 e. The van der Waals surface area contributed by atoms with E-state index in [-0.39, 0.29) is 12.3 Å². The summed E-state index contributed by atoms with van der Waals surface area (Å²) in [6, 6.07) is 10.5. The molecular weight excluding hydrogens is 455 g/mol. The number of thioether (sulfide) groups is 1. The van der Waals surface area contributed by atoms with Crippen LogP contribution >= 0.6 is 11.8 Å². The van der Waals surface area contributed by atoms with E-state index in [0.29, 0.717) is 17.2 Å². The molecule has 32 heavy (non-hydrogen) atoms. The predicted octanol–water partition coefficient (Wildman–Crippen LogP) is 3.45. The zero-order chi connectivity index (χ0) is 23.0.